The number of nitrogens with two attached hydrogens (primary N) is 2. The van der Waals surface area contributed by atoms with E-state index in [0.717, 1.165) is 59.2 Å². The van der Waals surface area contributed by atoms with Crippen molar-refractivity contribution in [3.05, 3.63) is 36.7 Å². The topological polar surface area (TPSA) is 106 Å². The van der Waals surface area contributed by atoms with E-state index in [2.05, 4.69) is 38.1 Å². The lowest BCUT2D eigenvalue weighted by Gasteiger charge is -2.41. The van der Waals surface area contributed by atoms with Crippen molar-refractivity contribution in [2.24, 2.45) is 11.1 Å². The average molecular weight is 397 g/mol. The van der Waals surface area contributed by atoms with E-state index in [0.29, 0.717) is 12.4 Å². The molecule has 0 bridgehead atoms. The number of rotatable bonds is 3. The molecule has 8 heteroatoms. The Morgan fingerprint density at radius 1 is 1.25 bits per heavy atom. The lowest BCUT2D eigenvalue weighted by Crippen LogP contribution is -2.49. The number of benzene rings is 1. The SMILES string of the molecule is Nc1nc(N2CCC3(CC2)COCC3N)cnc1Sc1cccc2[nH]ccc12. The first-order chi connectivity index (χ1) is 13.6. The monoisotopic (exact) mass is 396 g/mol. The van der Waals surface area contributed by atoms with Gasteiger partial charge >= 0.3 is 0 Å². The van der Waals surface area contributed by atoms with Crippen LogP contribution in [-0.2, 0) is 4.74 Å². The summed E-state index contributed by atoms with van der Waals surface area (Å²) in [5, 5.41) is 1.89. The Morgan fingerprint density at radius 2 is 2.11 bits per heavy atom. The number of nitrogens with one attached hydrogen (secondary N) is 1. The molecule has 3 aromatic rings. The third-order valence-corrected chi connectivity index (χ3v) is 7.15. The van der Waals surface area contributed by atoms with Gasteiger partial charge in [0.05, 0.1) is 19.4 Å². The number of fused-ring (bicyclic) bond motifs is 1. The number of anilines is 2. The van der Waals surface area contributed by atoms with E-state index >= 15 is 0 Å². The highest BCUT2D eigenvalue weighted by molar-refractivity contribution is 7.99. The fourth-order valence-electron chi connectivity index (χ4n) is 4.23. The Balaban J connectivity index is 1.32. The van der Waals surface area contributed by atoms with Crippen LogP contribution in [0, 0.1) is 5.41 Å². The van der Waals surface area contributed by atoms with Gasteiger partial charge in [-0.25, -0.2) is 9.97 Å². The second-order valence-corrected chi connectivity index (χ2v) is 8.72. The van der Waals surface area contributed by atoms with Crippen molar-refractivity contribution in [2.45, 2.75) is 28.8 Å². The summed E-state index contributed by atoms with van der Waals surface area (Å²) < 4.78 is 5.61. The molecule has 1 spiro atoms. The van der Waals surface area contributed by atoms with Crippen LogP contribution >= 0.6 is 11.8 Å². The second kappa shape index (κ2) is 6.95. The van der Waals surface area contributed by atoms with Crippen molar-refractivity contribution in [1.29, 1.82) is 0 Å². The van der Waals surface area contributed by atoms with Gasteiger partial charge in [0, 0.05) is 46.5 Å². The molecule has 1 unspecified atom stereocenters. The molecule has 0 amide bonds. The van der Waals surface area contributed by atoms with Crippen LogP contribution in [0.1, 0.15) is 12.8 Å². The molecule has 2 saturated heterocycles. The standard InChI is InChI=1S/C20H24N6OS/c21-16-11-27-12-20(16)5-8-26(9-6-20)17-10-24-19(18(22)25-17)28-15-3-1-2-14-13(15)4-7-23-14/h1-4,7,10,16,23H,5-6,8-9,11-12,21H2,(H2,22,25). The van der Waals surface area contributed by atoms with E-state index < -0.39 is 0 Å². The minimum Gasteiger partial charge on any atom is -0.381 e. The molecule has 2 aliphatic heterocycles. The molecular formula is C20H24N6OS. The van der Waals surface area contributed by atoms with Gasteiger partial charge in [0.15, 0.2) is 5.82 Å². The lowest BCUT2D eigenvalue weighted by molar-refractivity contribution is 0.131. The maximum absolute atomic E-state index is 6.28. The van der Waals surface area contributed by atoms with Gasteiger partial charge in [-0.2, -0.15) is 0 Å². The highest BCUT2D eigenvalue weighted by Gasteiger charge is 2.44. The van der Waals surface area contributed by atoms with Gasteiger partial charge in [0.2, 0.25) is 0 Å². The van der Waals surface area contributed by atoms with E-state index in [-0.39, 0.29) is 11.5 Å². The molecule has 0 aliphatic carbocycles. The van der Waals surface area contributed by atoms with Gasteiger partial charge in [-0.1, -0.05) is 17.8 Å². The Morgan fingerprint density at radius 3 is 2.86 bits per heavy atom. The van der Waals surface area contributed by atoms with Crippen molar-refractivity contribution in [3.63, 3.8) is 0 Å². The average Bonchev–Trinajstić information content (AvgIpc) is 3.32. The summed E-state index contributed by atoms with van der Waals surface area (Å²) in [6.45, 7) is 3.25. The zero-order chi connectivity index (χ0) is 19.1. The van der Waals surface area contributed by atoms with Gasteiger partial charge in [-0.15, -0.1) is 0 Å². The van der Waals surface area contributed by atoms with Crippen LogP contribution in [0.25, 0.3) is 10.9 Å². The third-order valence-electron chi connectivity index (χ3n) is 6.07. The summed E-state index contributed by atoms with van der Waals surface area (Å²) in [6.07, 6.45) is 5.81. The molecule has 2 aliphatic rings. The summed E-state index contributed by atoms with van der Waals surface area (Å²) in [7, 11) is 0. The van der Waals surface area contributed by atoms with Crippen molar-refractivity contribution in [3.8, 4) is 0 Å². The number of hydrogen-bond donors (Lipinski definition) is 3. The summed E-state index contributed by atoms with van der Waals surface area (Å²) in [4.78, 5) is 15.9. The van der Waals surface area contributed by atoms with Gasteiger partial charge in [-0.05, 0) is 31.0 Å². The molecule has 28 heavy (non-hydrogen) atoms. The fraction of sp³-hybridized carbons (Fsp3) is 0.400. The molecule has 2 aromatic heterocycles. The van der Waals surface area contributed by atoms with E-state index in [1.165, 1.54) is 0 Å². The molecule has 1 aromatic carbocycles. The normalized spacial score (nSPS) is 21.6. The molecular weight excluding hydrogens is 372 g/mol. The molecule has 0 saturated carbocycles. The van der Waals surface area contributed by atoms with Crippen LogP contribution in [0.2, 0.25) is 0 Å². The predicted octanol–water partition coefficient (Wildman–Crippen LogP) is 2.64. The lowest BCUT2D eigenvalue weighted by atomic mass is 9.75. The molecule has 2 fully saturated rings. The van der Waals surface area contributed by atoms with Gasteiger partial charge in [0.25, 0.3) is 0 Å². The third kappa shape index (κ3) is 3.01. The molecule has 5 N–H and O–H groups in total. The highest BCUT2D eigenvalue weighted by Crippen LogP contribution is 2.40. The Kier molecular flexibility index (Phi) is 4.41. The molecule has 146 valence electrons. The highest BCUT2D eigenvalue weighted by atomic mass is 32.2. The minimum atomic E-state index is 0.126. The van der Waals surface area contributed by atoms with Crippen LogP contribution in [0.3, 0.4) is 0 Å². The number of aromatic nitrogens is 3. The van der Waals surface area contributed by atoms with Gasteiger partial charge in [0.1, 0.15) is 10.8 Å². The quantitative estimate of drug-likeness (QED) is 0.625. The van der Waals surface area contributed by atoms with E-state index in [1.54, 1.807) is 11.8 Å². The van der Waals surface area contributed by atoms with Crippen molar-refractivity contribution < 1.29 is 4.74 Å². The fourth-order valence-corrected chi connectivity index (χ4v) is 5.13. The Labute approximate surface area is 167 Å². The van der Waals surface area contributed by atoms with Crippen molar-refractivity contribution in [1.82, 2.24) is 15.0 Å². The molecule has 0 radical (unpaired) electrons. The number of nitrogens with zero attached hydrogens (tertiary/aromatic N) is 3. The van der Waals surface area contributed by atoms with Crippen LogP contribution in [-0.4, -0.2) is 47.3 Å². The van der Waals surface area contributed by atoms with Crippen LogP contribution in [0.5, 0.6) is 0 Å². The van der Waals surface area contributed by atoms with Crippen LogP contribution in [0.15, 0.2) is 46.6 Å². The van der Waals surface area contributed by atoms with Crippen LogP contribution < -0.4 is 16.4 Å². The second-order valence-electron chi connectivity index (χ2n) is 7.69. The van der Waals surface area contributed by atoms with E-state index in [4.69, 9.17) is 16.2 Å². The first-order valence-electron chi connectivity index (χ1n) is 9.59. The van der Waals surface area contributed by atoms with E-state index in [9.17, 15) is 0 Å². The Hall–Kier alpha value is -2.29. The van der Waals surface area contributed by atoms with E-state index in [1.807, 2.05) is 18.5 Å². The number of ether oxygens (including phenoxy) is 1. The Bertz CT molecular complexity index is 997. The summed E-state index contributed by atoms with van der Waals surface area (Å²) in [6, 6.07) is 8.37. The number of nitrogen functional groups attached to an aromatic ring is 1. The largest absolute Gasteiger partial charge is 0.381 e. The molecule has 5 rings (SSSR count). The first kappa shape index (κ1) is 17.8. The molecule has 4 heterocycles. The summed E-state index contributed by atoms with van der Waals surface area (Å²) in [5.74, 6) is 1.31. The molecule has 1 atom stereocenters. The maximum atomic E-state index is 6.28. The number of piperidine rings is 1. The summed E-state index contributed by atoms with van der Waals surface area (Å²) >= 11 is 1.55. The van der Waals surface area contributed by atoms with Gasteiger partial charge in [-0.3, -0.25) is 0 Å². The zero-order valence-corrected chi connectivity index (χ0v) is 16.4. The number of H-pyrrole nitrogens is 1. The van der Waals surface area contributed by atoms with Gasteiger partial charge < -0.3 is 26.1 Å². The molecule has 7 nitrogen and oxygen atoms in total. The van der Waals surface area contributed by atoms with Crippen molar-refractivity contribution >= 4 is 34.3 Å². The predicted molar refractivity (Wildman–Crippen MR) is 112 cm³/mol. The zero-order valence-electron chi connectivity index (χ0n) is 15.6. The van der Waals surface area contributed by atoms with Crippen LogP contribution in [0.4, 0.5) is 11.6 Å². The maximum Gasteiger partial charge on any atom is 0.158 e. The number of hydrogen-bond acceptors (Lipinski definition) is 7. The smallest absolute Gasteiger partial charge is 0.158 e. The number of aromatic amines is 1. The van der Waals surface area contributed by atoms with Crippen molar-refractivity contribution in [2.75, 3.05) is 36.9 Å². The summed E-state index contributed by atoms with van der Waals surface area (Å²) in [5.41, 5.74) is 13.8. The minimum absolute atomic E-state index is 0.126. The first-order valence-corrected chi connectivity index (χ1v) is 10.4.